The van der Waals surface area contributed by atoms with E-state index in [0.717, 1.165) is 0 Å². The van der Waals surface area contributed by atoms with Crippen LogP contribution in [0, 0.1) is 0 Å². The number of hydrogen-bond donors (Lipinski definition) is 2. The van der Waals surface area contributed by atoms with Gasteiger partial charge in [-0.05, 0) is 12.3 Å². The van der Waals surface area contributed by atoms with Crippen molar-refractivity contribution >= 4 is 11.4 Å². The smallest absolute Gasteiger partial charge is 0.302 e. The number of nitrogens with two attached hydrogens (primary N) is 1. The SMILES string of the molecule is NC=CCOS(=O)O. The molecule has 3 N–H and O–H groups in total. The molecule has 8 heavy (non-hydrogen) atoms. The molecule has 0 saturated carbocycles. The van der Waals surface area contributed by atoms with Gasteiger partial charge in [0.1, 0.15) is 0 Å². The molecule has 0 aliphatic heterocycles. The molecule has 0 aromatic heterocycles. The molecule has 0 rings (SSSR count). The molecule has 0 aromatic carbocycles. The van der Waals surface area contributed by atoms with Gasteiger partial charge < -0.3 is 5.73 Å². The minimum Gasteiger partial charge on any atom is -0.405 e. The summed E-state index contributed by atoms with van der Waals surface area (Å²) in [6.45, 7) is 0.0691. The third kappa shape index (κ3) is 5.61. The van der Waals surface area contributed by atoms with Crippen molar-refractivity contribution in [3.8, 4) is 0 Å². The Morgan fingerprint density at radius 1 is 1.88 bits per heavy atom. The molecule has 0 aliphatic carbocycles. The standard InChI is InChI=1S/C3H7NO3S/c4-2-1-3-7-8(5)6/h1-2H,3-4H2,(H,5,6). The molecule has 0 amide bonds. The Balaban J connectivity index is 3.05. The maximum Gasteiger partial charge on any atom is 0.302 e. The van der Waals surface area contributed by atoms with E-state index in [1.165, 1.54) is 12.3 Å². The van der Waals surface area contributed by atoms with E-state index in [9.17, 15) is 4.21 Å². The lowest BCUT2D eigenvalue weighted by Gasteiger charge is -1.87. The maximum absolute atomic E-state index is 9.69. The highest BCUT2D eigenvalue weighted by Crippen LogP contribution is 1.77. The topological polar surface area (TPSA) is 72.5 Å². The molecular formula is C3H7NO3S. The van der Waals surface area contributed by atoms with E-state index in [-0.39, 0.29) is 6.61 Å². The van der Waals surface area contributed by atoms with E-state index in [4.69, 9.17) is 10.3 Å². The van der Waals surface area contributed by atoms with Gasteiger partial charge in [0.2, 0.25) is 0 Å². The maximum atomic E-state index is 9.69. The molecule has 5 heteroatoms. The van der Waals surface area contributed by atoms with Gasteiger partial charge in [0.05, 0.1) is 6.61 Å². The summed E-state index contributed by atoms with van der Waals surface area (Å²) in [6, 6.07) is 0. The van der Waals surface area contributed by atoms with Crippen LogP contribution in [0.5, 0.6) is 0 Å². The highest BCUT2D eigenvalue weighted by molar-refractivity contribution is 7.74. The summed E-state index contributed by atoms with van der Waals surface area (Å²) in [5, 5.41) is 0. The predicted octanol–water partition coefficient (Wildman–Crippen LogP) is -0.388. The Hall–Kier alpha value is -0.390. The Morgan fingerprint density at radius 2 is 2.50 bits per heavy atom. The van der Waals surface area contributed by atoms with Crippen LogP contribution in [0.3, 0.4) is 0 Å². The number of rotatable bonds is 3. The Kier molecular flexibility index (Phi) is 4.53. The summed E-state index contributed by atoms with van der Waals surface area (Å²) in [5.74, 6) is 0. The van der Waals surface area contributed by atoms with Crippen molar-refractivity contribution in [2.45, 2.75) is 0 Å². The van der Waals surface area contributed by atoms with Gasteiger partial charge in [-0.15, -0.1) is 0 Å². The van der Waals surface area contributed by atoms with Gasteiger partial charge in [0.15, 0.2) is 0 Å². The van der Waals surface area contributed by atoms with Crippen molar-refractivity contribution in [1.29, 1.82) is 0 Å². The van der Waals surface area contributed by atoms with Crippen molar-refractivity contribution in [2.75, 3.05) is 6.61 Å². The zero-order chi connectivity index (χ0) is 6.41. The third-order valence-electron chi connectivity index (χ3n) is 0.401. The highest BCUT2D eigenvalue weighted by atomic mass is 32.2. The zero-order valence-corrected chi connectivity index (χ0v) is 4.93. The zero-order valence-electron chi connectivity index (χ0n) is 4.11. The summed E-state index contributed by atoms with van der Waals surface area (Å²) >= 11 is -2.17. The first kappa shape index (κ1) is 7.61. The van der Waals surface area contributed by atoms with Crippen LogP contribution in [0.1, 0.15) is 0 Å². The molecule has 0 aliphatic rings. The molecule has 0 bridgehead atoms. The van der Waals surface area contributed by atoms with Crippen LogP contribution in [-0.2, 0) is 15.5 Å². The molecule has 0 aromatic rings. The van der Waals surface area contributed by atoms with E-state index in [0.29, 0.717) is 0 Å². The predicted molar refractivity (Wildman–Crippen MR) is 30.1 cm³/mol. The largest absolute Gasteiger partial charge is 0.405 e. The second-order valence-electron chi connectivity index (χ2n) is 0.930. The van der Waals surface area contributed by atoms with Gasteiger partial charge in [-0.3, -0.25) is 8.74 Å². The van der Waals surface area contributed by atoms with Crippen molar-refractivity contribution in [3.05, 3.63) is 12.3 Å². The average molecular weight is 137 g/mol. The van der Waals surface area contributed by atoms with Gasteiger partial charge in [-0.25, -0.2) is 0 Å². The van der Waals surface area contributed by atoms with Crippen LogP contribution < -0.4 is 5.73 Å². The molecule has 0 fully saturated rings. The first-order chi connectivity index (χ1) is 3.77. The summed E-state index contributed by atoms with van der Waals surface area (Å²) in [6.07, 6.45) is 2.67. The molecule has 0 heterocycles. The second kappa shape index (κ2) is 4.76. The summed E-state index contributed by atoms with van der Waals surface area (Å²) < 4.78 is 21.8. The normalized spacial score (nSPS) is 14.6. The summed E-state index contributed by atoms with van der Waals surface area (Å²) in [7, 11) is 0. The quantitative estimate of drug-likeness (QED) is 0.520. The van der Waals surface area contributed by atoms with Crippen molar-refractivity contribution < 1.29 is 12.9 Å². The molecular weight excluding hydrogens is 130 g/mol. The van der Waals surface area contributed by atoms with E-state index < -0.39 is 11.4 Å². The van der Waals surface area contributed by atoms with E-state index in [1.807, 2.05) is 0 Å². The van der Waals surface area contributed by atoms with Gasteiger partial charge in [0, 0.05) is 0 Å². The molecule has 4 nitrogen and oxygen atoms in total. The fourth-order valence-electron chi connectivity index (χ4n) is 0.153. The van der Waals surface area contributed by atoms with Crippen molar-refractivity contribution in [2.24, 2.45) is 5.73 Å². The first-order valence-corrected chi connectivity index (χ1v) is 2.91. The molecule has 48 valence electrons. The fourth-order valence-corrected chi connectivity index (χ4v) is 0.348. The molecule has 1 unspecified atom stereocenters. The van der Waals surface area contributed by atoms with Gasteiger partial charge in [-0.2, -0.15) is 4.21 Å². The highest BCUT2D eigenvalue weighted by Gasteiger charge is 1.85. The lowest BCUT2D eigenvalue weighted by molar-refractivity contribution is 0.342. The minimum absolute atomic E-state index is 0.0691. The molecule has 0 radical (unpaired) electrons. The average Bonchev–Trinajstić information content (AvgIpc) is 1.66. The van der Waals surface area contributed by atoms with Crippen LogP contribution in [0.15, 0.2) is 12.3 Å². The summed E-state index contributed by atoms with van der Waals surface area (Å²) in [4.78, 5) is 0. The number of hydrogen-bond acceptors (Lipinski definition) is 3. The van der Waals surface area contributed by atoms with Gasteiger partial charge in [0.25, 0.3) is 0 Å². The second-order valence-corrected chi connectivity index (χ2v) is 1.60. The lowest BCUT2D eigenvalue weighted by Crippen LogP contribution is -1.94. The molecule has 0 spiro atoms. The van der Waals surface area contributed by atoms with Gasteiger partial charge >= 0.3 is 11.4 Å². The summed E-state index contributed by atoms with van der Waals surface area (Å²) in [5.41, 5.74) is 4.87. The first-order valence-electron chi connectivity index (χ1n) is 1.88. The van der Waals surface area contributed by atoms with E-state index in [1.54, 1.807) is 0 Å². The minimum atomic E-state index is -2.17. The van der Waals surface area contributed by atoms with Crippen LogP contribution in [-0.4, -0.2) is 15.4 Å². The van der Waals surface area contributed by atoms with Crippen LogP contribution >= 0.6 is 0 Å². The monoisotopic (exact) mass is 137 g/mol. The van der Waals surface area contributed by atoms with Crippen molar-refractivity contribution in [1.82, 2.24) is 0 Å². The Morgan fingerprint density at radius 3 is 2.88 bits per heavy atom. The van der Waals surface area contributed by atoms with Crippen LogP contribution in [0.2, 0.25) is 0 Å². The lowest BCUT2D eigenvalue weighted by atomic mass is 10.7. The molecule has 1 atom stereocenters. The fraction of sp³-hybridized carbons (Fsp3) is 0.333. The Labute approximate surface area is 49.8 Å². The van der Waals surface area contributed by atoms with Crippen LogP contribution in [0.25, 0.3) is 0 Å². The van der Waals surface area contributed by atoms with Crippen LogP contribution in [0.4, 0.5) is 0 Å². The Bertz CT molecular complexity index is 103. The van der Waals surface area contributed by atoms with Crippen molar-refractivity contribution in [3.63, 3.8) is 0 Å². The van der Waals surface area contributed by atoms with E-state index in [2.05, 4.69) is 4.18 Å². The van der Waals surface area contributed by atoms with E-state index >= 15 is 0 Å². The third-order valence-corrected chi connectivity index (χ3v) is 0.739. The molecule has 0 saturated heterocycles. The van der Waals surface area contributed by atoms with Gasteiger partial charge in [-0.1, -0.05) is 0 Å².